The molecule has 0 radical (unpaired) electrons. The van der Waals surface area contributed by atoms with Gasteiger partial charge in [-0.05, 0) is 12.8 Å². The van der Waals surface area contributed by atoms with Crippen LogP contribution < -0.4 is 5.11 Å². The molecule has 0 aromatic heterocycles. The van der Waals surface area contributed by atoms with Gasteiger partial charge >= 0.3 is 0 Å². The minimum absolute atomic E-state index is 0.216. The number of rotatable bonds is 4. The molecule has 0 bridgehead atoms. The number of carbonyl (C=O) groups excluding carboxylic acids is 1. The Morgan fingerprint density at radius 1 is 1.15 bits per heavy atom. The Morgan fingerprint density at radius 2 is 1.54 bits per heavy atom. The SMILES string of the molecule is CCCCCC(=O)[O-].C[N+](C)(C)C. The zero-order valence-electron chi connectivity index (χ0n) is 9.59. The Labute approximate surface area is 82.0 Å². The number of quaternary nitrogens is 1. The molecule has 0 aliphatic heterocycles. The third-order valence-electron chi connectivity index (χ3n) is 0.984. The summed E-state index contributed by atoms with van der Waals surface area (Å²) >= 11 is 0. The van der Waals surface area contributed by atoms with Crippen LogP contribution in [0.3, 0.4) is 0 Å². The van der Waals surface area contributed by atoms with Crippen LogP contribution in [0.2, 0.25) is 0 Å². The van der Waals surface area contributed by atoms with E-state index in [9.17, 15) is 9.90 Å². The second kappa shape index (κ2) is 8.05. The number of carbonyl (C=O) groups is 1. The lowest BCUT2D eigenvalue weighted by Gasteiger charge is -2.14. The van der Waals surface area contributed by atoms with E-state index in [4.69, 9.17) is 0 Å². The summed E-state index contributed by atoms with van der Waals surface area (Å²) in [4.78, 5) is 9.76. The second-order valence-corrected chi connectivity index (χ2v) is 4.51. The van der Waals surface area contributed by atoms with E-state index in [1.807, 2.05) is 6.92 Å². The first-order valence-corrected chi connectivity index (χ1v) is 4.76. The number of carboxylic acid groups (broad SMARTS) is 1. The van der Waals surface area contributed by atoms with Crippen molar-refractivity contribution in [1.82, 2.24) is 0 Å². The molecular weight excluding hydrogens is 166 g/mol. The Kier molecular flexibility index (Phi) is 9.24. The van der Waals surface area contributed by atoms with E-state index in [-0.39, 0.29) is 6.42 Å². The van der Waals surface area contributed by atoms with Crippen molar-refractivity contribution in [3.63, 3.8) is 0 Å². The molecule has 0 fully saturated rings. The fourth-order valence-electron chi connectivity index (χ4n) is 0.519. The molecule has 0 N–H and O–H groups in total. The summed E-state index contributed by atoms with van der Waals surface area (Å²) in [7, 11) is 8.50. The number of aliphatic carboxylic acids is 1. The average molecular weight is 189 g/mol. The highest BCUT2D eigenvalue weighted by Crippen LogP contribution is 1.96. The van der Waals surface area contributed by atoms with Crippen LogP contribution in [0.5, 0.6) is 0 Å². The first-order valence-electron chi connectivity index (χ1n) is 4.76. The fraction of sp³-hybridized carbons (Fsp3) is 0.900. The molecule has 0 atom stereocenters. The second-order valence-electron chi connectivity index (χ2n) is 4.51. The first-order chi connectivity index (χ1) is 5.77. The molecule has 0 spiro atoms. The van der Waals surface area contributed by atoms with E-state index in [2.05, 4.69) is 28.2 Å². The van der Waals surface area contributed by atoms with Crippen molar-refractivity contribution in [2.75, 3.05) is 28.2 Å². The lowest BCUT2D eigenvalue weighted by molar-refractivity contribution is -0.849. The maximum Gasteiger partial charge on any atom is 0.0675 e. The van der Waals surface area contributed by atoms with Crippen molar-refractivity contribution < 1.29 is 14.4 Å². The molecule has 3 heteroatoms. The largest absolute Gasteiger partial charge is 0.550 e. The van der Waals surface area contributed by atoms with E-state index < -0.39 is 5.97 Å². The van der Waals surface area contributed by atoms with Crippen LogP contribution in [0.15, 0.2) is 0 Å². The molecule has 80 valence electrons. The summed E-state index contributed by atoms with van der Waals surface area (Å²) in [6.07, 6.45) is 3.04. The van der Waals surface area contributed by atoms with E-state index in [1.54, 1.807) is 0 Å². The Bertz CT molecular complexity index is 121. The van der Waals surface area contributed by atoms with Crippen LogP contribution in [-0.2, 0) is 4.79 Å². The molecule has 3 nitrogen and oxygen atoms in total. The van der Waals surface area contributed by atoms with Gasteiger partial charge in [-0.3, -0.25) is 0 Å². The molecule has 0 saturated carbocycles. The standard InChI is InChI=1S/C6H12O2.C4H12N/c1-2-3-4-5-6(7)8;1-5(2,3)4/h2-5H2,1H3,(H,7,8);1-4H3/q;+1/p-1. The van der Waals surface area contributed by atoms with E-state index in [0.29, 0.717) is 0 Å². The van der Waals surface area contributed by atoms with Crippen LogP contribution >= 0.6 is 0 Å². The monoisotopic (exact) mass is 189 g/mol. The van der Waals surface area contributed by atoms with Crippen LogP contribution in [0.4, 0.5) is 0 Å². The van der Waals surface area contributed by atoms with Crippen LogP contribution in [0.1, 0.15) is 32.6 Å². The number of hydrogen-bond acceptors (Lipinski definition) is 2. The molecular formula is C10H23NO2. The van der Waals surface area contributed by atoms with Crippen LogP contribution in [-0.4, -0.2) is 38.6 Å². The quantitative estimate of drug-likeness (QED) is 0.481. The van der Waals surface area contributed by atoms with Crippen molar-refractivity contribution >= 4 is 5.97 Å². The third-order valence-corrected chi connectivity index (χ3v) is 0.984. The van der Waals surface area contributed by atoms with Gasteiger partial charge in [-0.15, -0.1) is 0 Å². The number of carboxylic acids is 1. The average Bonchev–Trinajstić information content (AvgIpc) is 1.83. The molecule has 0 aliphatic rings. The van der Waals surface area contributed by atoms with Crippen molar-refractivity contribution in [2.24, 2.45) is 0 Å². The van der Waals surface area contributed by atoms with Gasteiger partial charge in [-0.25, -0.2) is 0 Å². The summed E-state index contributed by atoms with van der Waals surface area (Å²) in [5, 5.41) is 9.76. The highest BCUT2D eigenvalue weighted by molar-refractivity contribution is 5.63. The van der Waals surface area contributed by atoms with Gasteiger partial charge in [0.05, 0.1) is 28.2 Å². The van der Waals surface area contributed by atoms with Gasteiger partial charge in [0, 0.05) is 5.97 Å². The van der Waals surface area contributed by atoms with Crippen molar-refractivity contribution in [2.45, 2.75) is 32.6 Å². The summed E-state index contributed by atoms with van der Waals surface area (Å²) in [6.45, 7) is 2.04. The Hall–Kier alpha value is -0.570. The van der Waals surface area contributed by atoms with Gasteiger partial charge in [0.2, 0.25) is 0 Å². The number of hydrogen-bond donors (Lipinski definition) is 0. The van der Waals surface area contributed by atoms with Gasteiger partial charge in [0.1, 0.15) is 0 Å². The van der Waals surface area contributed by atoms with Gasteiger partial charge in [0.25, 0.3) is 0 Å². The molecule has 0 heterocycles. The molecule has 0 rings (SSSR count). The zero-order valence-corrected chi connectivity index (χ0v) is 9.59. The molecule has 0 unspecified atom stereocenters. The van der Waals surface area contributed by atoms with Crippen molar-refractivity contribution in [3.8, 4) is 0 Å². The van der Waals surface area contributed by atoms with E-state index in [1.165, 1.54) is 0 Å². The fourth-order valence-corrected chi connectivity index (χ4v) is 0.519. The summed E-state index contributed by atoms with van der Waals surface area (Å²) in [6, 6.07) is 0. The van der Waals surface area contributed by atoms with Crippen LogP contribution in [0, 0.1) is 0 Å². The molecule has 13 heavy (non-hydrogen) atoms. The zero-order chi connectivity index (χ0) is 10.9. The smallest absolute Gasteiger partial charge is 0.0675 e. The summed E-state index contributed by atoms with van der Waals surface area (Å²) in [5.74, 6) is -0.932. The Morgan fingerprint density at radius 3 is 1.77 bits per heavy atom. The summed E-state index contributed by atoms with van der Waals surface area (Å²) < 4.78 is 1.00. The lowest BCUT2D eigenvalue weighted by Crippen LogP contribution is -2.27. The molecule has 0 saturated heterocycles. The number of unbranched alkanes of at least 4 members (excludes halogenated alkanes) is 2. The normalized spacial score (nSPS) is 10.2. The minimum Gasteiger partial charge on any atom is -0.550 e. The topological polar surface area (TPSA) is 40.1 Å². The lowest BCUT2D eigenvalue weighted by atomic mass is 10.2. The molecule has 0 aromatic carbocycles. The number of nitrogens with zero attached hydrogens (tertiary/aromatic N) is 1. The highest BCUT2D eigenvalue weighted by atomic mass is 16.4. The summed E-state index contributed by atoms with van der Waals surface area (Å²) in [5.41, 5.74) is 0. The predicted molar refractivity (Wildman–Crippen MR) is 53.1 cm³/mol. The van der Waals surface area contributed by atoms with Crippen LogP contribution in [0.25, 0.3) is 0 Å². The van der Waals surface area contributed by atoms with Gasteiger partial charge < -0.3 is 14.4 Å². The third kappa shape index (κ3) is 51.8. The van der Waals surface area contributed by atoms with Gasteiger partial charge in [0.15, 0.2) is 0 Å². The minimum atomic E-state index is -0.932. The highest BCUT2D eigenvalue weighted by Gasteiger charge is 1.88. The van der Waals surface area contributed by atoms with Gasteiger partial charge in [-0.2, -0.15) is 0 Å². The van der Waals surface area contributed by atoms with Gasteiger partial charge in [-0.1, -0.05) is 19.8 Å². The maximum atomic E-state index is 9.76. The van der Waals surface area contributed by atoms with Crippen molar-refractivity contribution in [3.05, 3.63) is 0 Å². The molecule has 0 amide bonds. The molecule has 0 aromatic rings. The maximum absolute atomic E-state index is 9.76. The molecule has 0 aliphatic carbocycles. The van der Waals surface area contributed by atoms with Crippen molar-refractivity contribution in [1.29, 1.82) is 0 Å². The van der Waals surface area contributed by atoms with E-state index >= 15 is 0 Å². The Balaban J connectivity index is 0. The predicted octanol–water partition coefficient (Wildman–Crippen LogP) is 0.639. The van der Waals surface area contributed by atoms with E-state index in [0.717, 1.165) is 23.7 Å². The first kappa shape index (κ1) is 14.9.